The Morgan fingerprint density at radius 1 is 1.10 bits per heavy atom. The van der Waals surface area contributed by atoms with Gasteiger partial charge in [-0.3, -0.25) is 0 Å². The van der Waals surface area contributed by atoms with Crippen LogP contribution in [0.3, 0.4) is 0 Å². The van der Waals surface area contributed by atoms with Gasteiger partial charge in [-0.25, -0.2) is 4.98 Å². The minimum Gasteiger partial charge on any atom is -0.496 e. The van der Waals surface area contributed by atoms with Gasteiger partial charge in [0.15, 0.2) is 0 Å². The molecule has 0 amide bonds. The van der Waals surface area contributed by atoms with Crippen LogP contribution in [0.2, 0.25) is 0 Å². The molecule has 2 rings (SSSR count). The molecule has 0 aliphatic heterocycles. The molecule has 0 fully saturated rings. The van der Waals surface area contributed by atoms with E-state index in [-0.39, 0.29) is 0 Å². The summed E-state index contributed by atoms with van der Waals surface area (Å²) in [4.78, 5) is 4.01. The molecule has 0 saturated heterocycles. The van der Waals surface area contributed by atoms with E-state index in [1.807, 2.05) is 22.9 Å². The second-order valence-electron chi connectivity index (χ2n) is 4.49. The lowest BCUT2D eigenvalue weighted by atomic mass is 10.1. The summed E-state index contributed by atoms with van der Waals surface area (Å²) in [6.07, 6.45) is 5.52. The van der Waals surface area contributed by atoms with E-state index in [0.29, 0.717) is 12.3 Å². The molecule has 0 unspecified atom stereocenters. The predicted molar refractivity (Wildman–Crippen MR) is 80.0 cm³/mol. The van der Waals surface area contributed by atoms with Crippen molar-refractivity contribution in [3.63, 3.8) is 0 Å². The van der Waals surface area contributed by atoms with Crippen LogP contribution in [0.4, 0.5) is 0 Å². The van der Waals surface area contributed by atoms with Crippen molar-refractivity contribution in [1.29, 1.82) is 0 Å². The third-order valence-electron chi connectivity index (χ3n) is 3.22. The first-order valence-corrected chi connectivity index (χ1v) is 6.73. The lowest BCUT2D eigenvalue weighted by Crippen LogP contribution is -2.19. The topological polar surface area (TPSA) is 57.5 Å². The van der Waals surface area contributed by atoms with E-state index in [1.165, 1.54) is 0 Å². The summed E-state index contributed by atoms with van der Waals surface area (Å²) in [5.41, 5.74) is 0.978. The number of rotatable bonds is 8. The van der Waals surface area contributed by atoms with E-state index in [2.05, 4.69) is 10.3 Å². The third-order valence-corrected chi connectivity index (χ3v) is 3.22. The minimum absolute atomic E-state index is 0.658. The number of hydrogen-bond donors (Lipinski definition) is 1. The number of imidazole rings is 1. The van der Waals surface area contributed by atoms with Crippen LogP contribution in [0.1, 0.15) is 5.56 Å². The molecule has 114 valence electrons. The first kappa shape index (κ1) is 15.2. The molecule has 0 bridgehead atoms. The average molecular weight is 291 g/mol. The van der Waals surface area contributed by atoms with Crippen molar-refractivity contribution in [2.24, 2.45) is 0 Å². The zero-order valence-electron chi connectivity index (χ0n) is 12.6. The Kier molecular flexibility index (Phi) is 5.45. The van der Waals surface area contributed by atoms with Crippen LogP contribution in [-0.4, -0.2) is 37.4 Å². The second kappa shape index (κ2) is 7.54. The van der Waals surface area contributed by atoms with E-state index in [0.717, 1.165) is 30.2 Å². The number of methoxy groups -OCH3 is 3. The van der Waals surface area contributed by atoms with Crippen LogP contribution in [0.15, 0.2) is 30.9 Å². The highest BCUT2D eigenvalue weighted by Gasteiger charge is 2.12. The Morgan fingerprint density at radius 3 is 2.33 bits per heavy atom. The van der Waals surface area contributed by atoms with Crippen LogP contribution < -0.4 is 19.5 Å². The number of hydrogen-bond acceptors (Lipinski definition) is 5. The van der Waals surface area contributed by atoms with Gasteiger partial charge in [-0.15, -0.1) is 0 Å². The van der Waals surface area contributed by atoms with Crippen molar-refractivity contribution in [1.82, 2.24) is 14.9 Å². The van der Waals surface area contributed by atoms with Crippen LogP contribution in [0.25, 0.3) is 0 Å². The molecule has 21 heavy (non-hydrogen) atoms. The first-order valence-electron chi connectivity index (χ1n) is 6.73. The molecular weight excluding hydrogens is 270 g/mol. The molecule has 0 atom stereocenters. The van der Waals surface area contributed by atoms with Gasteiger partial charge in [0.25, 0.3) is 0 Å². The Balaban J connectivity index is 2.00. The van der Waals surface area contributed by atoms with E-state index in [9.17, 15) is 0 Å². The summed E-state index contributed by atoms with van der Waals surface area (Å²) in [7, 11) is 4.91. The van der Waals surface area contributed by atoms with Gasteiger partial charge in [0.1, 0.15) is 17.2 Å². The molecule has 1 aromatic heterocycles. The summed E-state index contributed by atoms with van der Waals surface area (Å²) < 4.78 is 18.1. The lowest BCUT2D eigenvalue weighted by molar-refractivity contribution is 0.366. The highest BCUT2D eigenvalue weighted by Crippen LogP contribution is 2.33. The molecule has 0 spiro atoms. The van der Waals surface area contributed by atoms with Crippen molar-refractivity contribution < 1.29 is 14.2 Å². The zero-order chi connectivity index (χ0) is 15.1. The van der Waals surface area contributed by atoms with Gasteiger partial charge in [-0.05, 0) is 0 Å². The van der Waals surface area contributed by atoms with Gasteiger partial charge in [0.2, 0.25) is 0 Å². The fourth-order valence-electron chi connectivity index (χ4n) is 2.09. The number of benzene rings is 1. The predicted octanol–water partition coefficient (Wildman–Crippen LogP) is 1.70. The maximum atomic E-state index is 5.42. The molecular formula is C15H21N3O3. The first-order chi connectivity index (χ1) is 10.3. The van der Waals surface area contributed by atoms with Gasteiger partial charge in [0.05, 0.1) is 33.2 Å². The summed E-state index contributed by atoms with van der Waals surface area (Å²) in [5, 5.41) is 3.38. The van der Waals surface area contributed by atoms with Crippen LogP contribution in [-0.2, 0) is 13.1 Å². The average Bonchev–Trinajstić information content (AvgIpc) is 3.04. The molecule has 6 nitrogen and oxygen atoms in total. The standard InChI is InChI=1S/C15H21N3O3/c1-19-12-8-14(20-2)13(15(9-12)21-3)10-16-4-6-18-7-5-17-11-18/h5,7-9,11,16H,4,6,10H2,1-3H3. The summed E-state index contributed by atoms with van der Waals surface area (Å²) in [6.45, 7) is 2.35. The van der Waals surface area contributed by atoms with Crippen LogP contribution in [0, 0.1) is 0 Å². The molecule has 0 aliphatic carbocycles. The Labute approximate surface area is 124 Å². The van der Waals surface area contributed by atoms with E-state index >= 15 is 0 Å². The maximum absolute atomic E-state index is 5.42. The van der Waals surface area contributed by atoms with Crippen LogP contribution >= 0.6 is 0 Å². The van der Waals surface area contributed by atoms with E-state index in [1.54, 1.807) is 33.9 Å². The lowest BCUT2D eigenvalue weighted by Gasteiger charge is -2.15. The molecule has 0 aliphatic rings. The molecule has 2 aromatic rings. The molecule has 6 heteroatoms. The van der Waals surface area contributed by atoms with Crippen molar-refractivity contribution in [2.75, 3.05) is 27.9 Å². The minimum atomic E-state index is 0.658. The Hall–Kier alpha value is -2.21. The van der Waals surface area contributed by atoms with Gasteiger partial charge < -0.3 is 24.1 Å². The van der Waals surface area contributed by atoms with Gasteiger partial charge in [-0.1, -0.05) is 0 Å². The molecule has 0 saturated carbocycles. The highest BCUT2D eigenvalue weighted by molar-refractivity contribution is 5.50. The Bertz CT molecular complexity index is 530. The third kappa shape index (κ3) is 3.88. The van der Waals surface area contributed by atoms with Crippen LogP contribution in [0.5, 0.6) is 17.2 Å². The molecule has 0 radical (unpaired) electrons. The fourth-order valence-corrected chi connectivity index (χ4v) is 2.09. The van der Waals surface area contributed by atoms with Crippen molar-refractivity contribution in [2.45, 2.75) is 13.1 Å². The monoisotopic (exact) mass is 291 g/mol. The SMILES string of the molecule is COc1cc(OC)c(CNCCn2ccnc2)c(OC)c1. The largest absolute Gasteiger partial charge is 0.496 e. The number of nitrogens with one attached hydrogen (secondary N) is 1. The Morgan fingerprint density at radius 2 is 1.81 bits per heavy atom. The molecule has 1 aromatic carbocycles. The van der Waals surface area contributed by atoms with Crippen molar-refractivity contribution in [3.8, 4) is 17.2 Å². The van der Waals surface area contributed by atoms with Gasteiger partial charge in [0, 0.05) is 44.2 Å². The maximum Gasteiger partial charge on any atom is 0.130 e. The van der Waals surface area contributed by atoms with E-state index in [4.69, 9.17) is 14.2 Å². The number of nitrogens with zero attached hydrogens (tertiary/aromatic N) is 2. The molecule has 1 N–H and O–H groups in total. The van der Waals surface area contributed by atoms with Crippen molar-refractivity contribution >= 4 is 0 Å². The van der Waals surface area contributed by atoms with Gasteiger partial charge >= 0.3 is 0 Å². The zero-order valence-corrected chi connectivity index (χ0v) is 12.6. The van der Waals surface area contributed by atoms with Gasteiger partial charge in [-0.2, -0.15) is 0 Å². The quantitative estimate of drug-likeness (QED) is 0.750. The second-order valence-corrected chi connectivity index (χ2v) is 4.49. The number of aromatic nitrogens is 2. The normalized spacial score (nSPS) is 10.4. The fraction of sp³-hybridized carbons (Fsp3) is 0.400. The van der Waals surface area contributed by atoms with Crippen molar-refractivity contribution in [3.05, 3.63) is 36.4 Å². The summed E-state index contributed by atoms with van der Waals surface area (Å²) in [5.74, 6) is 2.22. The number of ether oxygens (including phenoxy) is 3. The molecule has 1 heterocycles. The highest BCUT2D eigenvalue weighted by atomic mass is 16.5. The van der Waals surface area contributed by atoms with E-state index < -0.39 is 0 Å². The summed E-state index contributed by atoms with van der Waals surface area (Å²) >= 11 is 0. The smallest absolute Gasteiger partial charge is 0.130 e. The summed E-state index contributed by atoms with van der Waals surface area (Å²) in [6, 6.07) is 3.71.